The minimum Gasteiger partial charge on any atom is -0.380 e. The zero-order valence-electron chi connectivity index (χ0n) is 8.01. The Labute approximate surface area is 74.9 Å². The lowest BCUT2D eigenvalue weighted by Gasteiger charge is -2.31. The van der Waals surface area contributed by atoms with Crippen molar-refractivity contribution in [1.82, 2.24) is 4.90 Å². The first-order valence-electron chi connectivity index (χ1n) is 5.20. The second-order valence-electron chi connectivity index (χ2n) is 4.06. The maximum absolute atomic E-state index is 5.58. The summed E-state index contributed by atoms with van der Waals surface area (Å²) in [5.41, 5.74) is 0.468. The van der Waals surface area contributed by atoms with Crippen LogP contribution >= 0.6 is 0 Å². The molecule has 2 aliphatic heterocycles. The lowest BCUT2D eigenvalue weighted by Crippen LogP contribution is -2.42. The van der Waals surface area contributed by atoms with Gasteiger partial charge in [0.15, 0.2) is 0 Å². The van der Waals surface area contributed by atoms with Crippen molar-refractivity contribution in [3.63, 3.8) is 0 Å². The zero-order chi connectivity index (χ0) is 8.44. The van der Waals surface area contributed by atoms with Crippen LogP contribution in [0.2, 0.25) is 0 Å². The molecule has 2 fully saturated rings. The van der Waals surface area contributed by atoms with E-state index in [0.29, 0.717) is 5.54 Å². The quantitative estimate of drug-likeness (QED) is 0.637. The van der Waals surface area contributed by atoms with Gasteiger partial charge in [0, 0.05) is 12.1 Å². The van der Waals surface area contributed by atoms with E-state index in [4.69, 9.17) is 4.74 Å². The Morgan fingerprint density at radius 3 is 2.50 bits per heavy atom. The van der Waals surface area contributed by atoms with Crippen molar-refractivity contribution in [3.05, 3.63) is 0 Å². The smallest absolute Gasteiger partial charge is 0.0650 e. The fourth-order valence-corrected chi connectivity index (χ4v) is 2.75. The third kappa shape index (κ3) is 1.27. The third-order valence-corrected chi connectivity index (χ3v) is 3.39. The molecule has 0 spiro atoms. The number of hydrogen-bond donors (Lipinski definition) is 0. The monoisotopic (exact) mass is 169 g/mol. The molecule has 0 radical (unpaired) electrons. The largest absolute Gasteiger partial charge is 0.380 e. The number of fused-ring (bicyclic) bond motifs is 1. The van der Waals surface area contributed by atoms with E-state index >= 15 is 0 Å². The first kappa shape index (κ1) is 8.52. The van der Waals surface area contributed by atoms with E-state index in [2.05, 4.69) is 11.8 Å². The van der Waals surface area contributed by atoms with Crippen molar-refractivity contribution in [3.8, 4) is 0 Å². The molecule has 2 heteroatoms. The molecule has 2 aliphatic rings. The van der Waals surface area contributed by atoms with Gasteiger partial charge in [0.1, 0.15) is 0 Å². The predicted octanol–water partition coefficient (Wildman–Crippen LogP) is 1.65. The van der Waals surface area contributed by atoms with E-state index in [9.17, 15) is 0 Å². The summed E-state index contributed by atoms with van der Waals surface area (Å²) in [5.74, 6) is 0. The Morgan fingerprint density at radius 1 is 1.25 bits per heavy atom. The van der Waals surface area contributed by atoms with Crippen molar-refractivity contribution in [2.75, 3.05) is 26.3 Å². The molecule has 70 valence electrons. The summed E-state index contributed by atoms with van der Waals surface area (Å²) < 4.78 is 5.58. The van der Waals surface area contributed by atoms with Crippen LogP contribution in [-0.2, 0) is 4.74 Å². The summed E-state index contributed by atoms with van der Waals surface area (Å²) in [7, 11) is 0. The number of nitrogens with zero attached hydrogens (tertiary/aromatic N) is 1. The summed E-state index contributed by atoms with van der Waals surface area (Å²) in [5, 5.41) is 0. The average Bonchev–Trinajstić information content (AvgIpc) is 2.58. The third-order valence-electron chi connectivity index (χ3n) is 3.39. The van der Waals surface area contributed by atoms with Gasteiger partial charge in [-0.1, -0.05) is 0 Å². The highest BCUT2D eigenvalue weighted by atomic mass is 16.5. The normalized spacial score (nSPS) is 27.8. The highest BCUT2D eigenvalue weighted by Gasteiger charge is 2.43. The standard InChI is InChI=1S/C10H19NO/c1-2-12-9-10-5-3-7-11(10)8-4-6-10/h2-9H2,1H3. The van der Waals surface area contributed by atoms with Gasteiger partial charge in [-0.25, -0.2) is 0 Å². The molecule has 2 nitrogen and oxygen atoms in total. The molecule has 0 unspecified atom stereocenters. The first-order valence-corrected chi connectivity index (χ1v) is 5.20. The topological polar surface area (TPSA) is 12.5 Å². The fraction of sp³-hybridized carbons (Fsp3) is 1.00. The maximum atomic E-state index is 5.58. The van der Waals surface area contributed by atoms with Crippen molar-refractivity contribution in [2.45, 2.75) is 38.1 Å². The van der Waals surface area contributed by atoms with Crippen LogP contribution < -0.4 is 0 Å². The predicted molar refractivity (Wildman–Crippen MR) is 49.3 cm³/mol. The molecule has 0 aliphatic carbocycles. The molecule has 0 N–H and O–H groups in total. The van der Waals surface area contributed by atoms with Gasteiger partial charge >= 0.3 is 0 Å². The summed E-state index contributed by atoms with van der Waals surface area (Å²) in [6.45, 7) is 6.56. The van der Waals surface area contributed by atoms with E-state index in [1.807, 2.05) is 0 Å². The van der Waals surface area contributed by atoms with Crippen LogP contribution in [0.3, 0.4) is 0 Å². The van der Waals surface area contributed by atoms with Crippen LogP contribution in [0.25, 0.3) is 0 Å². The van der Waals surface area contributed by atoms with Crippen LogP contribution in [-0.4, -0.2) is 36.7 Å². The van der Waals surface area contributed by atoms with Crippen LogP contribution in [0.5, 0.6) is 0 Å². The molecule has 0 bridgehead atoms. The van der Waals surface area contributed by atoms with Crippen LogP contribution in [0.1, 0.15) is 32.6 Å². The Bertz CT molecular complexity index is 148. The highest BCUT2D eigenvalue weighted by Crippen LogP contribution is 2.38. The van der Waals surface area contributed by atoms with Crippen LogP contribution in [0.4, 0.5) is 0 Å². The van der Waals surface area contributed by atoms with Gasteiger partial charge in [-0.15, -0.1) is 0 Å². The van der Waals surface area contributed by atoms with Crippen LogP contribution in [0, 0.1) is 0 Å². The molecule has 12 heavy (non-hydrogen) atoms. The van der Waals surface area contributed by atoms with E-state index < -0.39 is 0 Å². The van der Waals surface area contributed by atoms with E-state index in [1.54, 1.807) is 0 Å². The van der Waals surface area contributed by atoms with Crippen LogP contribution in [0.15, 0.2) is 0 Å². The van der Waals surface area contributed by atoms with E-state index in [-0.39, 0.29) is 0 Å². The lowest BCUT2D eigenvalue weighted by molar-refractivity contribution is 0.0417. The van der Waals surface area contributed by atoms with Crippen molar-refractivity contribution >= 4 is 0 Å². The SMILES string of the molecule is CCOCC12CCCN1CCC2. The van der Waals surface area contributed by atoms with Gasteiger partial charge in [0.05, 0.1) is 6.61 Å². The second-order valence-corrected chi connectivity index (χ2v) is 4.06. The molecular weight excluding hydrogens is 150 g/mol. The van der Waals surface area contributed by atoms with Gasteiger partial charge in [-0.2, -0.15) is 0 Å². The Kier molecular flexibility index (Phi) is 2.37. The molecule has 0 amide bonds. The summed E-state index contributed by atoms with van der Waals surface area (Å²) in [4.78, 5) is 2.64. The number of rotatable bonds is 3. The Morgan fingerprint density at radius 2 is 1.92 bits per heavy atom. The summed E-state index contributed by atoms with van der Waals surface area (Å²) in [6, 6.07) is 0. The fourth-order valence-electron chi connectivity index (χ4n) is 2.75. The molecule has 0 saturated carbocycles. The minimum absolute atomic E-state index is 0.468. The van der Waals surface area contributed by atoms with Gasteiger partial charge in [-0.05, 0) is 45.7 Å². The van der Waals surface area contributed by atoms with Gasteiger partial charge in [0.25, 0.3) is 0 Å². The van der Waals surface area contributed by atoms with Gasteiger partial charge in [-0.3, -0.25) is 4.90 Å². The molecule has 2 saturated heterocycles. The molecule has 0 atom stereocenters. The zero-order valence-corrected chi connectivity index (χ0v) is 8.01. The summed E-state index contributed by atoms with van der Waals surface area (Å²) in [6.07, 6.45) is 5.50. The second kappa shape index (κ2) is 3.35. The number of ether oxygens (including phenoxy) is 1. The summed E-state index contributed by atoms with van der Waals surface area (Å²) >= 11 is 0. The lowest BCUT2D eigenvalue weighted by atomic mass is 9.95. The molecule has 0 aromatic rings. The van der Waals surface area contributed by atoms with Crippen molar-refractivity contribution in [2.24, 2.45) is 0 Å². The molecule has 0 aromatic heterocycles. The number of hydrogen-bond acceptors (Lipinski definition) is 2. The Balaban J connectivity index is 1.97. The Hall–Kier alpha value is -0.0800. The van der Waals surface area contributed by atoms with Gasteiger partial charge in [0.2, 0.25) is 0 Å². The highest BCUT2D eigenvalue weighted by molar-refractivity contribution is 4.99. The minimum atomic E-state index is 0.468. The van der Waals surface area contributed by atoms with E-state index in [0.717, 1.165) is 13.2 Å². The van der Waals surface area contributed by atoms with Gasteiger partial charge < -0.3 is 4.74 Å². The average molecular weight is 169 g/mol. The molecule has 2 heterocycles. The molecular formula is C10H19NO. The molecule has 2 rings (SSSR count). The van der Waals surface area contributed by atoms with Crippen molar-refractivity contribution < 1.29 is 4.74 Å². The maximum Gasteiger partial charge on any atom is 0.0650 e. The van der Waals surface area contributed by atoms with Crippen molar-refractivity contribution in [1.29, 1.82) is 0 Å². The van der Waals surface area contributed by atoms with E-state index in [1.165, 1.54) is 38.8 Å². The molecule has 0 aromatic carbocycles. The first-order chi connectivity index (χ1) is 5.87.